The third-order valence-electron chi connectivity index (χ3n) is 3.66. The third kappa shape index (κ3) is 3.34. The molecule has 0 saturated heterocycles. The molecule has 0 amide bonds. The summed E-state index contributed by atoms with van der Waals surface area (Å²) in [7, 11) is 0. The molecule has 0 aromatic heterocycles. The van der Waals surface area contributed by atoms with Gasteiger partial charge in [0.15, 0.2) is 0 Å². The highest BCUT2D eigenvalue weighted by Crippen LogP contribution is 2.28. The van der Waals surface area contributed by atoms with Gasteiger partial charge in [0, 0.05) is 0 Å². The van der Waals surface area contributed by atoms with E-state index in [0.717, 1.165) is 25.3 Å². The summed E-state index contributed by atoms with van der Waals surface area (Å²) < 4.78 is 0. The van der Waals surface area contributed by atoms with Crippen LogP contribution in [0.1, 0.15) is 43.2 Å². The molecule has 1 nitrogen and oxygen atoms in total. The Kier molecular flexibility index (Phi) is 4.41. The molecule has 0 heterocycles. The molecular formula is C15H23N. The van der Waals surface area contributed by atoms with Gasteiger partial charge in [-0.05, 0) is 42.9 Å². The van der Waals surface area contributed by atoms with Crippen molar-refractivity contribution in [2.45, 2.75) is 44.9 Å². The van der Waals surface area contributed by atoms with Gasteiger partial charge in [0.05, 0.1) is 0 Å². The van der Waals surface area contributed by atoms with Gasteiger partial charge in [-0.25, -0.2) is 0 Å². The summed E-state index contributed by atoms with van der Waals surface area (Å²) >= 11 is 0. The second kappa shape index (κ2) is 6.05. The lowest BCUT2D eigenvalue weighted by Crippen LogP contribution is -2.02. The molecule has 0 spiro atoms. The maximum Gasteiger partial charge on any atom is -0.00741 e. The van der Waals surface area contributed by atoms with Gasteiger partial charge in [-0.15, -0.1) is 0 Å². The zero-order chi connectivity index (χ0) is 11.2. The smallest absolute Gasteiger partial charge is 0.00741 e. The average molecular weight is 217 g/mol. The lowest BCUT2D eigenvalue weighted by molar-refractivity contribution is 0.546. The molecule has 0 unspecified atom stereocenters. The predicted octanol–water partition coefficient (Wildman–Crippen LogP) is 3.31. The molecule has 2 N–H and O–H groups in total. The molecule has 88 valence electrons. The van der Waals surface area contributed by atoms with Crippen LogP contribution in [0, 0.1) is 5.92 Å². The molecule has 1 aromatic rings. The fourth-order valence-corrected chi connectivity index (χ4v) is 2.77. The van der Waals surface area contributed by atoms with Crippen molar-refractivity contribution in [2.24, 2.45) is 11.7 Å². The molecule has 1 aliphatic carbocycles. The van der Waals surface area contributed by atoms with Crippen LogP contribution in [-0.4, -0.2) is 6.54 Å². The van der Waals surface area contributed by atoms with E-state index in [-0.39, 0.29) is 0 Å². The first-order valence-electron chi connectivity index (χ1n) is 6.66. The molecule has 1 fully saturated rings. The molecule has 1 saturated carbocycles. The molecule has 1 aliphatic rings. The molecule has 0 atom stereocenters. The van der Waals surface area contributed by atoms with Crippen molar-refractivity contribution in [2.75, 3.05) is 6.54 Å². The van der Waals surface area contributed by atoms with Crippen LogP contribution in [0.25, 0.3) is 0 Å². The Morgan fingerprint density at radius 2 is 1.88 bits per heavy atom. The van der Waals surface area contributed by atoms with Crippen LogP contribution in [-0.2, 0) is 12.8 Å². The highest BCUT2D eigenvalue weighted by Gasteiger charge is 2.15. The van der Waals surface area contributed by atoms with E-state index in [1.54, 1.807) is 0 Å². The Bertz CT molecular complexity index is 313. The number of nitrogens with two attached hydrogens (primary N) is 1. The van der Waals surface area contributed by atoms with Gasteiger partial charge in [-0.1, -0.05) is 49.9 Å². The monoisotopic (exact) mass is 217 g/mol. The van der Waals surface area contributed by atoms with Crippen LogP contribution in [0.2, 0.25) is 0 Å². The molecule has 1 aromatic carbocycles. The predicted molar refractivity (Wildman–Crippen MR) is 69.5 cm³/mol. The van der Waals surface area contributed by atoms with E-state index in [0.29, 0.717) is 0 Å². The molecular weight excluding hydrogens is 194 g/mol. The van der Waals surface area contributed by atoms with Crippen molar-refractivity contribution < 1.29 is 0 Å². The summed E-state index contributed by atoms with van der Waals surface area (Å²) in [6.07, 6.45) is 9.29. The molecule has 1 heteroatoms. The van der Waals surface area contributed by atoms with Crippen molar-refractivity contribution in [3.63, 3.8) is 0 Å². The van der Waals surface area contributed by atoms with Crippen LogP contribution in [0.5, 0.6) is 0 Å². The molecule has 0 aliphatic heterocycles. The molecule has 2 rings (SSSR count). The van der Waals surface area contributed by atoms with E-state index in [9.17, 15) is 0 Å². The Morgan fingerprint density at radius 3 is 2.62 bits per heavy atom. The van der Waals surface area contributed by atoms with Crippen LogP contribution >= 0.6 is 0 Å². The SMILES string of the molecule is NCCCc1cccc(CC2CCCC2)c1. The zero-order valence-corrected chi connectivity index (χ0v) is 10.1. The van der Waals surface area contributed by atoms with E-state index in [4.69, 9.17) is 5.73 Å². The summed E-state index contributed by atoms with van der Waals surface area (Å²) in [5.74, 6) is 0.949. The van der Waals surface area contributed by atoms with Crippen molar-refractivity contribution in [1.29, 1.82) is 0 Å². The van der Waals surface area contributed by atoms with Gasteiger partial charge >= 0.3 is 0 Å². The minimum Gasteiger partial charge on any atom is -0.330 e. The zero-order valence-electron chi connectivity index (χ0n) is 10.1. The van der Waals surface area contributed by atoms with E-state index in [1.807, 2.05) is 0 Å². The Morgan fingerprint density at radius 1 is 1.12 bits per heavy atom. The lowest BCUT2D eigenvalue weighted by Gasteiger charge is -2.10. The number of benzene rings is 1. The normalized spacial score (nSPS) is 16.8. The van der Waals surface area contributed by atoms with E-state index >= 15 is 0 Å². The first kappa shape index (κ1) is 11.7. The van der Waals surface area contributed by atoms with Gasteiger partial charge < -0.3 is 5.73 Å². The number of aryl methyl sites for hydroxylation is 1. The van der Waals surface area contributed by atoms with Crippen LogP contribution in [0.4, 0.5) is 0 Å². The molecule has 0 bridgehead atoms. The average Bonchev–Trinajstić information content (AvgIpc) is 2.80. The Balaban J connectivity index is 1.92. The topological polar surface area (TPSA) is 26.0 Å². The fraction of sp³-hybridized carbons (Fsp3) is 0.600. The van der Waals surface area contributed by atoms with Gasteiger partial charge in [-0.2, -0.15) is 0 Å². The number of rotatable bonds is 5. The minimum absolute atomic E-state index is 0.798. The second-order valence-electron chi connectivity index (χ2n) is 5.07. The third-order valence-corrected chi connectivity index (χ3v) is 3.66. The fourth-order valence-electron chi connectivity index (χ4n) is 2.77. The van der Waals surface area contributed by atoms with Crippen LogP contribution < -0.4 is 5.73 Å². The highest BCUT2D eigenvalue weighted by molar-refractivity contribution is 5.24. The van der Waals surface area contributed by atoms with E-state index in [1.165, 1.54) is 43.2 Å². The lowest BCUT2D eigenvalue weighted by atomic mass is 9.96. The number of hydrogen-bond donors (Lipinski definition) is 1. The quantitative estimate of drug-likeness (QED) is 0.804. The van der Waals surface area contributed by atoms with Gasteiger partial charge in [0.1, 0.15) is 0 Å². The van der Waals surface area contributed by atoms with E-state index < -0.39 is 0 Å². The molecule has 0 radical (unpaired) electrons. The van der Waals surface area contributed by atoms with Crippen molar-refractivity contribution in [1.82, 2.24) is 0 Å². The second-order valence-corrected chi connectivity index (χ2v) is 5.07. The minimum atomic E-state index is 0.798. The van der Waals surface area contributed by atoms with Gasteiger partial charge in [0.25, 0.3) is 0 Å². The first-order valence-corrected chi connectivity index (χ1v) is 6.66. The van der Waals surface area contributed by atoms with Crippen molar-refractivity contribution in [3.8, 4) is 0 Å². The number of hydrogen-bond acceptors (Lipinski definition) is 1. The summed E-state index contributed by atoms with van der Waals surface area (Å²) in [6.45, 7) is 0.798. The van der Waals surface area contributed by atoms with Crippen LogP contribution in [0.15, 0.2) is 24.3 Å². The summed E-state index contributed by atoms with van der Waals surface area (Å²) in [5.41, 5.74) is 8.53. The first-order chi connectivity index (χ1) is 7.88. The van der Waals surface area contributed by atoms with Gasteiger partial charge in [0.2, 0.25) is 0 Å². The summed E-state index contributed by atoms with van der Waals surface area (Å²) in [4.78, 5) is 0. The van der Waals surface area contributed by atoms with Crippen LogP contribution in [0.3, 0.4) is 0 Å². The highest BCUT2D eigenvalue weighted by atomic mass is 14.5. The standard InChI is InChI=1S/C15H23N/c16-10-4-9-14-7-3-8-15(12-14)11-13-5-1-2-6-13/h3,7-8,12-13H,1-2,4-6,9-11,16H2. The Hall–Kier alpha value is -0.820. The summed E-state index contributed by atoms with van der Waals surface area (Å²) in [6, 6.07) is 9.10. The van der Waals surface area contributed by atoms with Gasteiger partial charge in [-0.3, -0.25) is 0 Å². The maximum absolute atomic E-state index is 5.55. The van der Waals surface area contributed by atoms with Crippen molar-refractivity contribution in [3.05, 3.63) is 35.4 Å². The molecule has 16 heavy (non-hydrogen) atoms. The largest absolute Gasteiger partial charge is 0.330 e. The van der Waals surface area contributed by atoms with E-state index in [2.05, 4.69) is 24.3 Å². The summed E-state index contributed by atoms with van der Waals surface area (Å²) in [5, 5.41) is 0. The maximum atomic E-state index is 5.55. The Labute approximate surface area is 99.0 Å². The van der Waals surface area contributed by atoms with Crippen molar-refractivity contribution >= 4 is 0 Å².